The SMILES string of the molecule is CCOc1ccc(CC(=O)NC(C)CCc2ccccc2)cc1. The molecule has 3 heteroatoms. The lowest BCUT2D eigenvalue weighted by atomic mass is 10.1. The Balaban J connectivity index is 1.75. The first-order valence-electron chi connectivity index (χ1n) is 8.22. The molecule has 0 aliphatic rings. The number of carbonyl (C=O) groups is 1. The van der Waals surface area contributed by atoms with Gasteiger partial charge in [0.15, 0.2) is 0 Å². The Morgan fingerprint density at radius 2 is 1.74 bits per heavy atom. The molecule has 1 atom stereocenters. The lowest BCUT2D eigenvalue weighted by Gasteiger charge is -2.14. The molecule has 0 bridgehead atoms. The first-order valence-corrected chi connectivity index (χ1v) is 8.22. The third kappa shape index (κ3) is 6.15. The van der Waals surface area contributed by atoms with Crippen LogP contribution in [0.25, 0.3) is 0 Å². The highest BCUT2D eigenvalue weighted by Gasteiger charge is 2.08. The summed E-state index contributed by atoms with van der Waals surface area (Å²) in [4.78, 5) is 12.1. The van der Waals surface area contributed by atoms with Crippen LogP contribution in [0.3, 0.4) is 0 Å². The maximum Gasteiger partial charge on any atom is 0.224 e. The molecular formula is C20H25NO2. The molecule has 3 nitrogen and oxygen atoms in total. The molecule has 0 aliphatic heterocycles. The van der Waals surface area contributed by atoms with Gasteiger partial charge in [-0.2, -0.15) is 0 Å². The van der Waals surface area contributed by atoms with Gasteiger partial charge in [0, 0.05) is 6.04 Å². The van der Waals surface area contributed by atoms with E-state index in [9.17, 15) is 4.79 Å². The highest BCUT2D eigenvalue weighted by Crippen LogP contribution is 2.12. The molecule has 0 aromatic heterocycles. The molecule has 1 unspecified atom stereocenters. The fraction of sp³-hybridized carbons (Fsp3) is 0.350. The van der Waals surface area contributed by atoms with Crippen molar-refractivity contribution in [2.24, 2.45) is 0 Å². The fourth-order valence-corrected chi connectivity index (χ4v) is 2.48. The molecule has 1 amide bonds. The lowest BCUT2D eigenvalue weighted by Crippen LogP contribution is -2.34. The highest BCUT2D eigenvalue weighted by molar-refractivity contribution is 5.78. The molecule has 0 saturated carbocycles. The van der Waals surface area contributed by atoms with Gasteiger partial charge < -0.3 is 10.1 Å². The van der Waals surface area contributed by atoms with Crippen molar-refractivity contribution < 1.29 is 9.53 Å². The molecule has 23 heavy (non-hydrogen) atoms. The number of ether oxygens (including phenoxy) is 1. The topological polar surface area (TPSA) is 38.3 Å². The summed E-state index contributed by atoms with van der Waals surface area (Å²) < 4.78 is 5.40. The smallest absolute Gasteiger partial charge is 0.224 e. The van der Waals surface area contributed by atoms with Crippen molar-refractivity contribution in [3.63, 3.8) is 0 Å². The van der Waals surface area contributed by atoms with Crippen molar-refractivity contribution in [2.45, 2.75) is 39.2 Å². The zero-order chi connectivity index (χ0) is 16.5. The maximum absolute atomic E-state index is 12.1. The number of carbonyl (C=O) groups excluding carboxylic acids is 1. The van der Waals surface area contributed by atoms with Crippen LogP contribution in [-0.2, 0) is 17.6 Å². The number of hydrogen-bond acceptors (Lipinski definition) is 2. The molecule has 0 fully saturated rings. The molecular weight excluding hydrogens is 286 g/mol. The number of rotatable bonds is 8. The predicted molar refractivity (Wildman–Crippen MR) is 93.7 cm³/mol. The number of hydrogen-bond donors (Lipinski definition) is 1. The summed E-state index contributed by atoms with van der Waals surface area (Å²) in [5.74, 6) is 0.905. The summed E-state index contributed by atoms with van der Waals surface area (Å²) in [6, 6.07) is 18.2. The minimum atomic E-state index is 0.0646. The zero-order valence-electron chi connectivity index (χ0n) is 13.9. The van der Waals surface area contributed by atoms with Crippen LogP contribution < -0.4 is 10.1 Å². The second kappa shape index (κ2) is 8.99. The summed E-state index contributed by atoms with van der Waals surface area (Å²) in [6.45, 7) is 4.66. The monoisotopic (exact) mass is 311 g/mol. The number of aryl methyl sites for hydroxylation is 1. The van der Waals surface area contributed by atoms with Crippen LogP contribution in [0.15, 0.2) is 54.6 Å². The van der Waals surface area contributed by atoms with Gasteiger partial charge in [0.05, 0.1) is 13.0 Å². The average molecular weight is 311 g/mol. The van der Waals surface area contributed by atoms with Gasteiger partial charge in [-0.1, -0.05) is 42.5 Å². The molecule has 0 saturated heterocycles. The van der Waals surface area contributed by atoms with Crippen LogP contribution in [-0.4, -0.2) is 18.6 Å². The third-order valence-corrected chi connectivity index (χ3v) is 3.72. The van der Waals surface area contributed by atoms with E-state index in [1.54, 1.807) is 0 Å². The molecule has 0 aliphatic carbocycles. The van der Waals surface area contributed by atoms with Gasteiger partial charge in [-0.3, -0.25) is 4.79 Å². The minimum Gasteiger partial charge on any atom is -0.494 e. The molecule has 2 aromatic carbocycles. The standard InChI is InChI=1S/C20H25NO2/c1-3-23-19-13-11-18(12-14-19)15-20(22)21-16(2)9-10-17-7-5-4-6-8-17/h4-8,11-14,16H,3,9-10,15H2,1-2H3,(H,21,22). The normalized spacial score (nSPS) is 11.7. The van der Waals surface area contributed by atoms with Crippen molar-refractivity contribution in [1.82, 2.24) is 5.32 Å². The van der Waals surface area contributed by atoms with E-state index in [0.29, 0.717) is 13.0 Å². The lowest BCUT2D eigenvalue weighted by molar-refractivity contribution is -0.121. The molecule has 0 spiro atoms. The highest BCUT2D eigenvalue weighted by atomic mass is 16.5. The van der Waals surface area contributed by atoms with Crippen molar-refractivity contribution >= 4 is 5.91 Å². The van der Waals surface area contributed by atoms with E-state index in [1.165, 1.54) is 5.56 Å². The number of benzene rings is 2. The van der Waals surface area contributed by atoms with Gasteiger partial charge >= 0.3 is 0 Å². The first kappa shape index (κ1) is 17.1. The molecule has 0 heterocycles. The Kier molecular flexibility index (Phi) is 6.67. The summed E-state index contributed by atoms with van der Waals surface area (Å²) in [7, 11) is 0. The molecule has 2 aromatic rings. The van der Waals surface area contributed by atoms with E-state index in [-0.39, 0.29) is 11.9 Å². The van der Waals surface area contributed by atoms with E-state index in [4.69, 9.17) is 4.74 Å². The van der Waals surface area contributed by atoms with E-state index >= 15 is 0 Å². The molecule has 0 radical (unpaired) electrons. The van der Waals surface area contributed by atoms with Crippen LogP contribution in [0.5, 0.6) is 5.75 Å². The number of nitrogens with one attached hydrogen (secondary N) is 1. The Hall–Kier alpha value is -2.29. The van der Waals surface area contributed by atoms with Crippen LogP contribution in [0.4, 0.5) is 0 Å². The summed E-state index contributed by atoms with van der Waals surface area (Å²) in [6.07, 6.45) is 2.33. The second-order valence-electron chi connectivity index (χ2n) is 5.75. The molecule has 1 N–H and O–H groups in total. The van der Waals surface area contributed by atoms with E-state index < -0.39 is 0 Å². The Morgan fingerprint density at radius 1 is 1.04 bits per heavy atom. The average Bonchev–Trinajstić information content (AvgIpc) is 2.56. The Bertz CT molecular complexity index is 593. The van der Waals surface area contributed by atoms with Gasteiger partial charge in [0.1, 0.15) is 5.75 Å². The Labute approximate surface area is 138 Å². The van der Waals surface area contributed by atoms with E-state index in [2.05, 4.69) is 24.4 Å². The van der Waals surface area contributed by atoms with Crippen LogP contribution in [0.1, 0.15) is 31.4 Å². The minimum absolute atomic E-state index is 0.0646. The van der Waals surface area contributed by atoms with E-state index in [1.807, 2.05) is 49.4 Å². The largest absolute Gasteiger partial charge is 0.494 e. The van der Waals surface area contributed by atoms with E-state index in [0.717, 1.165) is 24.2 Å². The predicted octanol–water partition coefficient (Wildman–Crippen LogP) is 3.77. The van der Waals surface area contributed by atoms with Crippen molar-refractivity contribution in [1.29, 1.82) is 0 Å². The maximum atomic E-state index is 12.1. The third-order valence-electron chi connectivity index (χ3n) is 3.72. The quantitative estimate of drug-likeness (QED) is 0.806. The molecule has 122 valence electrons. The first-order chi connectivity index (χ1) is 11.2. The van der Waals surface area contributed by atoms with Gasteiger partial charge in [0.25, 0.3) is 0 Å². The summed E-state index contributed by atoms with van der Waals surface area (Å²) in [5, 5.41) is 3.07. The number of amides is 1. The summed E-state index contributed by atoms with van der Waals surface area (Å²) in [5.41, 5.74) is 2.31. The Morgan fingerprint density at radius 3 is 2.39 bits per heavy atom. The fourth-order valence-electron chi connectivity index (χ4n) is 2.48. The van der Waals surface area contributed by atoms with Crippen LogP contribution >= 0.6 is 0 Å². The summed E-state index contributed by atoms with van der Waals surface area (Å²) >= 11 is 0. The van der Waals surface area contributed by atoms with Crippen LogP contribution in [0.2, 0.25) is 0 Å². The van der Waals surface area contributed by atoms with Crippen LogP contribution in [0, 0.1) is 0 Å². The van der Waals surface area contributed by atoms with Gasteiger partial charge in [-0.05, 0) is 49.9 Å². The molecule has 2 rings (SSSR count). The van der Waals surface area contributed by atoms with Gasteiger partial charge in [-0.15, -0.1) is 0 Å². The zero-order valence-corrected chi connectivity index (χ0v) is 13.9. The van der Waals surface area contributed by atoms with Crippen molar-refractivity contribution in [2.75, 3.05) is 6.61 Å². The van der Waals surface area contributed by atoms with Gasteiger partial charge in [-0.25, -0.2) is 0 Å². The van der Waals surface area contributed by atoms with Gasteiger partial charge in [0.2, 0.25) is 5.91 Å². The van der Waals surface area contributed by atoms with Crippen molar-refractivity contribution in [3.05, 3.63) is 65.7 Å². The van der Waals surface area contributed by atoms with Crippen molar-refractivity contribution in [3.8, 4) is 5.75 Å². The second-order valence-corrected chi connectivity index (χ2v) is 5.75.